The number of ether oxygens (including phenoxy) is 1. The highest BCUT2D eigenvalue weighted by Gasteiger charge is 2.30. The summed E-state index contributed by atoms with van der Waals surface area (Å²) in [6.07, 6.45) is -0.886. The van der Waals surface area contributed by atoms with Gasteiger partial charge >= 0.3 is 6.18 Å². The van der Waals surface area contributed by atoms with Gasteiger partial charge in [0.15, 0.2) is 5.65 Å². The van der Waals surface area contributed by atoms with E-state index in [4.69, 9.17) is 10.5 Å². The van der Waals surface area contributed by atoms with Crippen LogP contribution in [0.15, 0.2) is 48.8 Å². The Morgan fingerprint density at radius 3 is 2.73 bits per heavy atom. The van der Waals surface area contributed by atoms with Crippen molar-refractivity contribution in [1.82, 2.24) is 9.38 Å². The Labute approximate surface area is 124 Å². The third kappa shape index (κ3) is 2.83. The Bertz CT molecular complexity index is 811. The van der Waals surface area contributed by atoms with Crippen molar-refractivity contribution in [1.29, 1.82) is 0 Å². The van der Waals surface area contributed by atoms with E-state index in [9.17, 15) is 13.2 Å². The lowest BCUT2D eigenvalue weighted by Gasteiger charge is -2.09. The van der Waals surface area contributed by atoms with Crippen LogP contribution in [0, 0.1) is 0 Å². The predicted molar refractivity (Wildman–Crippen MR) is 75.4 cm³/mol. The number of nitrogen functional groups attached to an aromatic ring is 1. The number of rotatable bonds is 3. The van der Waals surface area contributed by atoms with Crippen LogP contribution < -0.4 is 10.5 Å². The number of fused-ring (bicyclic) bond motifs is 1. The van der Waals surface area contributed by atoms with Crippen LogP contribution in [-0.2, 0) is 12.8 Å². The van der Waals surface area contributed by atoms with Gasteiger partial charge in [0.2, 0.25) is 0 Å². The summed E-state index contributed by atoms with van der Waals surface area (Å²) >= 11 is 0. The molecule has 0 aliphatic carbocycles. The molecule has 4 nitrogen and oxygen atoms in total. The molecule has 0 saturated heterocycles. The minimum absolute atomic E-state index is 0.0580. The Morgan fingerprint density at radius 2 is 2.00 bits per heavy atom. The van der Waals surface area contributed by atoms with Crippen LogP contribution >= 0.6 is 0 Å². The van der Waals surface area contributed by atoms with Crippen LogP contribution in [0.25, 0.3) is 5.65 Å². The first-order valence-corrected chi connectivity index (χ1v) is 6.45. The Morgan fingerprint density at radius 1 is 1.18 bits per heavy atom. The number of aromatic nitrogens is 2. The summed E-state index contributed by atoms with van der Waals surface area (Å²) in [5.41, 5.74) is 6.74. The van der Waals surface area contributed by atoms with E-state index in [1.165, 1.54) is 12.1 Å². The van der Waals surface area contributed by atoms with Gasteiger partial charge < -0.3 is 14.9 Å². The van der Waals surface area contributed by atoms with E-state index in [1.54, 1.807) is 28.9 Å². The monoisotopic (exact) mass is 307 g/mol. The van der Waals surface area contributed by atoms with E-state index in [0.717, 1.165) is 12.1 Å². The molecule has 0 atom stereocenters. The summed E-state index contributed by atoms with van der Waals surface area (Å²) < 4.78 is 45.0. The molecule has 2 N–H and O–H groups in total. The van der Waals surface area contributed by atoms with E-state index in [1.807, 2.05) is 0 Å². The highest BCUT2D eigenvalue weighted by molar-refractivity contribution is 5.64. The smallest absolute Gasteiger partial charge is 0.416 e. The maximum atomic E-state index is 12.6. The third-order valence-electron chi connectivity index (χ3n) is 3.11. The Hall–Kier alpha value is -2.70. The average molecular weight is 307 g/mol. The van der Waals surface area contributed by atoms with E-state index >= 15 is 0 Å². The van der Waals surface area contributed by atoms with Crippen molar-refractivity contribution >= 4 is 11.3 Å². The number of benzene rings is 1. The molecular formula is C15H12F3N3O. The fourth-order valence-corrected chi connectivity index (χ4v) is 2.07. The summed E-state index contributed by atoms with van der Waals surface area (Å²) in [5, 5.41) is 0. The van der Waals surface area contributed by atoms with Crippen LogP contribution in [0.5, 0.6) is 5.75 Å². The van der Waals surface area contributed by atoms with Crippen LogP contribution in [-0.4, -0.2) is 9.38 Å². The molecule has 0 fully saturated rings. The van der Waals surface area contributed by atoms with Crippen molar-refractivity contribution in [2.45, 2.75) is 12.8 Å². The minimum atomic E-state index is -4.39. The quantitative estimate of drug-likeness (QED) is 0.805. The van der Waals surface area contributed by atoms with Gasteiger partial charge in [-0.1, -0.05) is 6.07 Å². The van der Waals surface area contributed by atoms with Gasteiger partial charge in [0.25, 0.3) is 0 Å². The number of nitrogens with two attached hydrogens (primary N) is 1. The largest absolute Gasteiger partial charge is 0.487 e. The van der Waals surface area contributed by atoms with Gasteiger partial charge in [-0.25, -0.2) is 4.98 Å². The van der Waals surface area contributed by atoms with Crippen molar-refractivity contribution in [3.05, 3.63) is 60.0 Å². The van der Waals surface area contributed by atoms with Gasteiger partial charge in [0.05, 0.1) is 16.9 Å². The zero-order valence-corrected chi connectivity index (χ0v) is 11.3. The topological polar surface area (TPSA) is 52.5 Å². The summed E-state index contributed by atoms with van der Waals surface area (Å²) in [6.45, 7) is 0.0580. The first-order valence-electron chi connectivity index (χ1n) is 6.45. The standard InChI is InChI=1S/C15H12F3N3O/c16-15(17,18)10-3-1-4-12(7-10)22-9-11-8-21-6-2-5-13(19)14(21)20-11/h1-8H,9,19H2. The molecule has 0 aliphatic rings. The number of pyridine rings is 1. The normalized spacial score (nSPS) is 11.8. The SMILES string of the molecule is Nc1cccn2cc(COc3cccc(C(F)(F)F)c3)nc12. The molecule has 2 heterocycles. The van der Waals surface area contributed by atoms with Crippen molar-refractivity contribution in [2.75, 3.05) is 5.73 Å². The maximum absolute atomic E-state index is 12.6. The molecule has 0 spiro atoms. The zero-order valence-electron chi connectivity index (χ0n) is 11.3. The number of halogens is 3. The van der Waals surface area contributed by atoms with E-state index < -0.39 is 11.7 Å². The predicted octanol–water partition coefficient (Wildman–Crippen LogP) is 3.51. The lowest BCUT2D eigenvalue weighted by atomic mass is 10.2. The van der Waals surface area contributed by atoms with E-state index in [-0.39, 0.29) is 12.4 Å². The molecule has 3 aromatic rings. The fraction of sp³-hybridized carbons (Fsp3) is 0.133. The molecule has 0 unspecified atom stereocenters. The highest BCUT2D eigenvalue weighted by Crippen LogP contribution is 2.31. The molecule has 0 bridgehead atoms. The maximum Gasteiger partial charge on any atom is 0.416 e. The Kier molecular flexibility index (Phi) is 3.40. The first kappa shape index (κ1) is 14.2. The van der Waals surface area contributed by atoms with Gasteiger partial charge in [-0.3, -0.25) is 0 Å². The van der Waals surface area contributed by atoms with Crippen LogP contribution in [0.4, 0.5) is 18.9 Å². The van der Waals surface area contributed by atoms with Gasteiger partial charge in [0, 0.05) is 12.4 Å². The Balaban J connectivity index is 1.78. The minimum Gasteiger partial charge on any atom is -0.487 e. The summed E-state index contributed by atoms with van der Waals surface area (Å²) in [6, 6.07) is 8.24. The zero-order chi connectivity index (χ0) is 15.7. The van der Waals surface area contributed by atoms with E-state index in [0.29, 0.717) is 17.0 Å². The summed E-state index contributed by atoms with van der Waals surface area (Å²) in [5.74, 6) is 0.139. The number of anilines is 1. The van der Waals surface area contributed by atoms with Crippen molar-refractivity contribution in [3.63, 3.8) is 0 Å². The number of hydrogen-bond acceptors (Lipinski definition) is 3. The molecule has 0 radical (unpaired) electrons. The van der Waals surface area contributed by atoms with Crippen molar-refractivity contribution in [2.24, 2.45) is 0 Å². The third-order valence-corrected chi connectivity index (χ3v) is 3.11. The molecule has 0 saturated carbocycles. The van der Waals surface area contributed by atoms with Gasteiger partial charge in [0.1, 0.15) is 12.4 Å². The summed E-state index contributed by atoms with van der Waals surface area (Å²) in [7, 11) is 0. The van der Waals surface area contributed by atoms with Gasteiger partial charge in [-0.2, -0.15) is 13.2 Å². The van der Waals surface area contributed by atoms with Crippen LogP contribution in [0.1, 0.15) is 11.3 Å². The number of imidazole rings is 1. The van der Waals surface area contributed by atoms with Crippen LogP contribution in [0.2, 0.25) is 0 Å². The molecule has 22 heavy (non-hydrogen) atoms. The lowest BCUT2D eigenvalue weighted by molar-refractivity contribution is -0.137. The van der Waals surface area contributed by atoms with Gasteiger partial charge in [-0.15, -0.1) is 0 Å². The van der Waals surface area contributed by atoms with Crippen LogP contribution in [0.3, 0.4) is 0 Å². The fourth-order valence-electron chi connectivity index (χ4n) is 2.07. The van der Waals surface area contributed by atoms with Crippen molar-refractivity contribution < 1.29 is 17.9 Å². The molecule has 114 valence electrons. The molecule has 2 aromatic heterocycles. The average Bonchev–Trinajstić information content (AvgIpc) is 2.89. The second-order valence-corrected chi connectivity index (χ2v) is 4.74. The summed E-state index contributed by atoms with van der Waals surface area (Å²) in [4.78, 5) is 4.29. The highest BCUT2D eigenvalue weighted by atomic mass is 19.4. The molecule has 3 rings (SSSR count). The second-order valence-electron chi connectivity index (χ2n) is 4.74. The molecular weight excluding hydrogens is 295 g/mol. The number of alkyl halides is 3. The molecule has 0 aliphatic heterocycles. The first-order chi connectivity index (χ1) is 10.4. The number of hydrogen-bond donors (Lipinski definition) is 1. The second kappa shape index (κ2) is 5.25. The molecule has 0 amide bonds. The van der Waals surface area contributed by atoms with E-state index in [2.05, 4.69) is 4.98 Å². The lowest BCUT2D eigenvalue weighted by Crippen LogP contribution is -2.05. The molecule has 7 heteroatoms. The number of nitrogens with zero attached hydrogens (tertiary/aromatic N) is 2. The molecule has 1 aromatic carbocycles. The van der Waals surface area contributed by atoms with Crippen molar-refractivity contribution in [3.8, 4) is 5.75 Å². The van der Waals surface area contributed by atoms with Gasteiger partial charge in [-0.05, 0) is 30.3 Å².